The van der Waals surface area contributed by atoms with Crippen molar-refractivity contribution >= 4 is 17.5 Å². The lowest BCUT2D eigenvalue weighted by Gasteiger charge is -2.22. The van der Waals surface area contributed by atoms with Crippen molar-refractivity contribution in [1.82, 2.24) is 4.90 Å². The molecule has 0 heterocycles. The first-order valence-electron chi connectivity index (χ1n) is 9.92. The first-order chi connectivity index (χ1) is 15.0. The lowest BCUT2D eigenvalue weighted by Crippen LogP contribution is -2.39. The molecule has 2 aromatic carbocycles. The van der Waals surface area contributed by atoms with E-state index in [1.165, 1.54) is 17.0 Å². The Balaban J connectivity index is 1.64. The van der Waals surface area contributed by atoms with Gasteiger partial charge in [-0.2, -0.15) is 13.2 Å². The van der Waals surface area contributed by atoms with E-state index >= 15 is 0 Å². The monoisotopic (exact) mass is 458 g/mol. The van der Waals surface area contributed by atoms with Crippen molar-refractivity contribution in [2.45, 2.75) is 31.9 Å². The van der Waals surface area contributed by atoms with Gasteiger partial charge in [-0.15, -0.1) is 0 Å². The molecule has 4 nitrogen and oxygen atoms in total. The molecule has 2 unspecified atom stereocenters. The normalized spacial score (nSPS) is 17.7. The Bertz CT molecular complexity index is 1010. The summed E-state index contributed by atoms with van der Waals surface area (Å²) in [7, 11) is 0. The molecule has 10 heteroatoms. The second-order valence-corrected chi connectivity index (χ2v) is 7.60. The summed E-state index contributed by atoms with van der Waals surface area (Å²) >= 11 is 0. The summed E-state index contributed by atoms with van der Waals surface area (Å²) in [6.45, 7) is 1.58. The number of halogens is 6. The molecule has 1 fully saturated rings. The van der Waals surface area contributed by atoms with Crippen molar-refractivity contribution in [3.63, 3.8) is 0 Å². The van der Waals surface area contributed by atoms with E-state index in [1.807, 2.05) is 0 Å². The van der Waals surface area contributed by atoms with Gasteiger partial charge < -0.3 is 10.2 Å². The Kier molecular flexibility index (Phi) is 6.80. The zero-order valence-electron chi connectivity index (χ0n) is 17.0. The number of nitrogens with zero attached hydrogens (tertiary/aromatic N) is 1. The van der Waals surface area contributed by atoms with Crippen LogP contribution >= 0.6 is 0 Å². The molecule has 1 saturated carbocycles. The molecular weight excluding hydrogens is 438 g/mol. The topological polar surface area (TPSA) is 49.4 Å². The molecular formula is C22H20F6N2O2. The van der Waals surface area contributed by atoms with Crippen LogP contribution in [0.25, 0.3) is 0 Å². The SMILES string of the molecule is CCCN(CC(=O)Nc1ccc(F)c(F)c1F)C(=O)C1CC1c1ccc(C(F)(F)F)cc1. The molecule has 3 rings (SSSR count). The Morgan fingerprint density at radius 2 is 1.69 bits per heavy atom. The highest BCUT2D eigenvalue weighted by Crippen LogP contribution is 2.49. The van der Waals surface area contributed by atoms with Crippen LogP contribution in [-0.4, -0.2) is 29.8 Å². The van der Waals surface area contributed by atoms with Gasteiger partial charge in [0.05, 0.1) is 17.8 Å². The van der Waals surface area contributed by atoms with Crippen LogP contribution in [-0.2, 0) is 15.8 Å². The van der Waals surface area contributed by atoms with Crippen LogP contribution < -0.4 is 5.32 Å². The van der Waals surface area contributed by atoms with Crippen molar-refractivity contribution < 1.29 is 35.9 Å². The van der Waals surface area contributed by atoms with E-state index in [1.54, 1.807) is 6.92 Å². The molecule has 0 bridgehead atoms. The quantitative estimate of drug-likeness (QED) is 0.464. The summed E-state index contributed by atoms with van der Waals surface area (Å²) in [6, 6.07) is 6.14. The fourth-order valence-corrected chi connectivity index (χ4v) is 3.51. The number of carbonyl (C=O) groups excluding carboxylic acids is 2. The van der Waals surface area contributed by atoms with Crippen LogP contribution in [0.3, 0.4) is 0 Å². The minimum Gasteiger partial charge on any atom is -0.333 e. The molecule has 2 amide bonds. The lowest BCUT2D eigenvalue weighted by molar-refractivity contribution is -0.137. The van der Waals surface area contributed by atoms with Gasteiger partial charge in [0.15, 0.2) is 17.5 Å². The van der Waals surface area contributed by atoms with Crippen LogP contribution in [0.15, 0.2) is 36.4 Å². The summed E-state index contributed by atoms with van der Waals surface area (Å²) in [5, 5.41) is 2.12. The average molecular weight is 458 g/mol. The van der Waals surface area contributed by atoms with Gasteiger partial charge in [0.2, 0.25) is 11.8 Å². The van der Waals surface area contributed by atoms with E-state index < -0.39 is 53.2 Å². The Morgan fingerprint density at radius 1 is 1.03 bits per heavy atom. The molecule has 0 aromatic heterocycles. The van der Waals surface area contributed by atoms with E-state index in [-0.39, 0.29) is 18.4 Å². The predicted molar refractivity (Wildman–Crippen MR) is 104 cm³/mol. The van der Waals surface area contributed by atoms with Crippen molar-refractivity contribution in [2.75, 3.05) is 18.4 Å². The number of anilines is 1. The smallest absolute Gasteiger partial charge is 0.333 e. The van der Waals surface area contributed by atoms with Crippen molar-refractivity contribution in [1.29, 1.82) is 0 Å². The van der Waals surface area contributed by atoms with Gasteiger partial charge in [0.25, 0.3) is 0 Å². The van der Waals surface area contributed by atoms with Crippen LogP contribution in [0.1, 0.15) is 36.8 Å². The average Bonchev–Trinajstić information content (AvgIpc) is 3.54. The Hall–Kier alpha value is -3.04. The van der Waals surface area contributed by atoms with E-state index in [4.69, 9.17) is 0 Å². The number of hydrogen-bond donors (Lipinski definition) is 1. The molecule has 172 valence electrons. The largest absolute Gasteiger partial charge is 0.416 e. The zero-order valence-corrected chi connectivity index (χ0v) is 17.0. The number of rotatable bonds is 7. The zero-order chi connectivity index (χ0) is 23.6. The Morgan fingerprint density at radius 3 is 2.28 bits per heavy atom. The van der Waals surface area contributed by atoms with Crippen molar-refractivity contribution in [3.8, 4) is 0 Å². The lowest BCUT2D eigenvalue weighted by atomic mass is 10.1. The van der Waals surface area contributed by atoms with Gasteiger partial charge in [-0.05, 0) is 48.6 Å². The summed E-state index contributed by atoms with van der Waals surface area (Å²) < 4.78 is 78.3. The van der Waals surface area contributed by atoms with Gasteiger partial charge >= 0.3 is 6.18 Å². The molecule has 0 spiro atoms. The summed E-state index contributed by atoms with van der Waals surface area (Å²) in [4.78, 5) is 26.4. The third kappa shape index (κ3) is 5.23. The molecule has 32 heavy (non-hydrogen) atoms. The van der Waals surface area contributed by atoms with Crippen LogP contribution in [0, 0.1) is 23.4 Å². The van der Waals surface area contributed by atoms with E-state index in [0.717, 1.165) is 18.2 Å². The highest BCUT2D eigenvalue weighted by atomic mass is 19.4. The third-order valence-corrected chi connectivity index (χ3v) is 5.22. The van der Waals surface area contributed by atoms with Crippen LogP contribution in [0.5, 0.6) is 0 Å². The van der Waals surface area contributed by atoms with E-state index in [9.17, 15) is 35.9 Å². The minimum atomic E-state index is -4.45. The number of alkyl halides is 3. The summed E-state index contributed by atoms with van der Waals surface area (Å²) in [5.41, 5.74) is -0.730. The highest BCUT2D eigenvalue weighted by molar-refractivity contribution is 5.95. The minimum absolute atomic E-state index is 0.225. The molecule has 1 aliphatic carbocycles. The molecule has 1 N–H and O–H groups in total. The fraction of sp³-hybridized carbons (Fsp3) is 0.364. The molecule has 0 saturated heterocycles. The number of hydrogen-bond acceptors (Lipinski definition) is 2. The number of carbonyl (C=O) groups is 2. The third-order valence-electron chi connectivity index (χ3n) is 5.22. The maximum Gasteiger partial charge on any atom is 0.416 e. The molecule has 1 aliphatic rings. The van der Waals surface area contributed by atoms with Gasteiger partial charge in [0, 0.05) is 12.5 Å². The van der Waals surface area contributed by atoms with Gasteiger partial charge in [-0.3, -0.25) is 9.59 Å². The predicted octanol–water partition coefficient (Wildman–Crippen LogP) is 5.10. The highest BCUT2D eigenvalue weighted by Gasteiger charge is 2.46. The van der Waals surface area contributed by atoms with E-state index in [2.05, 4.69) is 5.32 Å². The second-order valence-electron chi connectivity index (χ2n) is 7.60. The van der Waals surface area contributed by atoms with Crippen LogP contribution in [0.2, 0.25) is 0 Å². The Labute approximate surface area is 180 Å². The van der Waals surface area contributed by atoms with Gasteiger partial charge in [0.1, 0.15) is 0 Å². The number of nitrogens with one attached hydrogen (secondary N) is 1. The van der Waals surface area contributed by atoms with Crippen molar-refractivity contribution in [3.05, 3.63) is 65.0 Å². The number of benzene rings is 2. The maximum absolute atomic E-state index is 13.8. The van der Waals surface area contributed by atoms with Crippen LogP contribution in [0.4, 0.5) is 32.0 Å². The van der Waals surface area contributed by atoms with E-state index in [0.29, 0.717) is 24.5 Å². The fourth-order valence-electron chi connectivity index (χ4n) is 3.51. The maximum atomic E-state index is 13.8. The standard InChI is InChI=1S/C22H20F6N2O2/c1-2-9-30(11-18(31)29-17-8-7-16(23)19(24)20(17)25)21(32)15-10-14(15)12-3-5-13(6-4-12)22(26,27)28/h3-8,14-15H,2,9-11H2,1H3,(H,29,31). The summed E-state index contributed by atoms with van der Waals surface area (Å²) in [5.74, 6) is -6.53. The molecule has 2 atom stereocenters. The van der Waals surface area contributed by atoms with Gasteiger partial charge in [-0.25, -0.2) is 13.2 Å². The first kappa shape index (κ1) is 23.6. The first-order valence-corrected chi connectivity index (χ1v) is 9.92. The van der Waals surface area contributed by atoms with Gasteiger partial charge in [-0.1, -0.05) is 19.1 Å². The molecule has 0 aliphatic heterocycles. The molecule has 0 radical (unpaired) electrons. The summed E-state index contributed by atoms with van der Waals surface area (Å²) in [6.07, 6.45) is -3.49. The second kappa shape index (κ2) is 9.22. The van der Waals surface area contributed by atoms with Crippen molar-refractivity contribution in [2.24, 2.45) is 5.92 Å². The number of amides is 2. The molecule has 2 aromatic rings.